The van der Waals surface area contributed by atoms with Gasteiger partial charge in [-0.05, 0) is 109 Å². The Labute approximate surface area is 373 Å². The van der Waals surface area contributed by atoms with Gasteiger partial charge in [-0.3, -0.25) is 4.79 Å². The van der Waals surface area contributed by atoms with E-state index in [-0.39, 0.29) is 39.4 Å². The molecule has 64 heavy (non-hydrogen) atoms. The minimum Gasteiger partial charge on any atom is -0.481 e. The molecule has 21 unspecified atom stereocenters. The van der Waals surface area contributed by atoms with Crippen molar-refractivity contribution in [1.29, 1.82) is 0 Å². The first-order chi connectivity index (χ1) is 29.7. The van der Waals surface area contributed by atoms with Crippen LogP contribution in [0.25, 0.3) is 0 Å². The highest BCUT2D eigenvalue weighted by molar-refractivity contribution is 5.76. The largest absolute Gasteiger partial charge is 0.481 e. The number of aliphatic hydroxyl groups excluding tert-OH is 7. The highest BCUT2D eigenvalue weighted by Gasteiger charge is 2.70. The normalized spacial score (nSPS) is 53.2. The third-order valence-electron chi connectivity index (χ3n) is 18.8. The quantitative estimate of drug-likeness (QED) is 0.116. The number of fused-ring (bicyclic) bond motifs is 7. The number of carboxylic acid groups (broad SMARTS) is 2. The fourth-order valence-corrected chi connectivity index (χ4v) is 14.7. The number of hydrogen-bond donors (Lipinski definition) is 10. The van der Waals surface area contributed by atoms with Crippen LogP contribution in [0, 0.1) is 50.2 Å². The zero-order chi connectivity index (χ0) is 46.9. The van der Waals surface area contributed by atoms with Gasteiger partial charge in [-0.25, -0.2) is 4.79 Å². The fourth-order valence-electron chi connectivity index (χ4n) is 14.7. The lowest BCUT2D eigenvalue weighted by atomic mass is 9.33. The number of carbonyl (C=O) groups is 2. The smallest absolute Gasteiger partial charge is 0.335 e. The van der Waals surface area contributed by atoms with Crippen LogP contribution in [0.15, 0.2) is 11.6 Å². The molecule has 0 bridgehead atoms. The molecule has 0 spiro atoms. The monoisotopic (exact) mass is 912 g/mol. The predicted octanol–water partition coefficient (Wildman–Crippen LogP) is 1.40. The lowest BCUT2D eigenvalue weighted by molar-refractivity contribution is -0.379. The van der Waals surface area contributed by atoms with E-state index in [1.807, 2.05) is 0 Å². The molecule has 0 aromatic rings. The first kappa shape index (κ1) is 48.6. The van der Waals surface area contributed by atoms with Gasteiger partial charge in [-0.15, -0.1) is 0 Å². The summed E-state index contributed by atoms with van der Waals surface area (Å²) in [6.07, 6.45) is -12.8. The Bertz CT molecular complexity index is 1820. The maximum absolute atomic E-state index is 13.1. The van der Waals surface area contributed by atoms with Gasteiger partial charge in [-0.2, -0.15) is 0 Å². The van der Waals surface area contributed by atoms with Crippen molar-refractivity contribution in [1.82, 2.24) is 0 Å². The Balaban J connectivity index is 1.08. The molecule has 3 saturated heterocycles. The van der Waals surface area contributed by atoms with Crippen molar-refractivity contribution in [2.75, 3.05) is 13.2 Å². The molecule has 0 amide bonds. The van der Waals surface area contributed by atoms with Crippen molar-refractivity contribution in [3.8, 4) is 0 Å². The van der Waals surface area contributed by atoms with E-state index in [4.69, 9.17) is 28.4 Å². The van der Waals surface area contributed by atoms with Crippen LogP contribution in [0.2, 0.25) is 0 Å². The van der Waals surface area contributed by atoms with Gasteiger partial charge in [0.05, 0.1) is 24.7 Å². The lowest BCUT2D eigenvalue weighted by Crippen LogP contribution is -2.67. The summed E-state index contributed by atoms with van der Waals surface area (Å²) >= 11 is 0. The van der Waals surface area contributed by atoms with Crippen LogP contribution >= 0.6 is 0 Å². The SMILES string of the molecule is CC1(C)CCC2(C(=O)O)CCC3(C)C(=CCC4C5(C)CCC(OC6OC(C(=O)O)C(OC7OC(O)C(O)C7(O)CO)C(O)C6OC6OCC(O)C(O)C6O)C(C)(C)C5CCC43C)C2C1. The minimum atomic E-state index is -2.65. The molecule has 18 heteroatoms. The third kappa shape index (κ3) is 7.18. The lowest BCUT2D eigenvalue weighted by Gasteiger charge is -2.71. The predicted molar refractivity (Wildman–Crippen MR) is 220 cm³/mol. The van der Waals surface area contributed by atoms with Gasteiger partial charge in [0, 0.05) is 0 Å². The Kier molecular flexibility index (Phi) is 12.4. The van der Waals surface area contributed by atoms with E-state index in [2.05, 4.69) is 54.5 Å². The number of allylic oxidation sites excluding steroid dienone is 2. The molecule has 3 heterocycles. The number of aliphatic hydroxyl groups is 8. The minimum absolute atomic E-state index is 0.0183. The molecule has 0 radical (unpaired) electrons. The second-order valence-corrected chi connectivity index (χ2v) is 22.8. The average Bonchev–Trinajstić information content (AvgIpc) is 3.43. The maximum atomic E-state index is 13.1. The van der Waals surface area contributed by atoms with E-state index < -0.39 is 122 Å². The van der Waals surface area contributed by atoms with E-state index in [0.717, 1.165) is 44.9 Å². The first-order valence-electron chi connectivity index (χ1n) is 23.2. The third-order valence-corrected chi connectivity index (χ3v) is 18.8. The molecule has 0 aromatic heterocycles. The molecule has 10 N–H and O–H groups in total. The molecule has 18 nitrogen and oxygen atoms in total. The van der Waals surface area contributed by atoms with Crippen LogP contribution in [0.5, 0.6) is 0 Å². The van der Waals surface area contributed by atoms with E-state index in [1.165, 1.54) is 5.57 Å². The summed E-state index contributed by atoms with van der Waals surface area (Å²) in [5, 5.41) is 106. The van der Waals surface area contributed by atoms with Gasteiger partial charge in [-0.1, -0.05) is 60.1 Å². The Morgan fingerprint density at radius 3 is 2.11 bits per heavy atom. The molecule has 364 valence electrons. The molecule has 7 fully saturated rings. The molecule has 8 aliphatic rings. The molecule has 21 atom stereocenters. The first-order valence-corrected chi connectivity index (χ1v) is 23.2. The maximum Gasteiger partial charge on any atom is 0.335 e. The van der Waals surface area contributed by atoms with Crippen molar-refractivity contribution in [3.05, 3.63) is 11.6 Å². The van der Waals surface area contributed by atoms with E-state index >= 15 is 0 Å². The zero-order valence-corrected chi connectivity index (χ0v) is 38.0. The topological polar surface area (TPSA) is 292 Å². The zero-order valence-electron chi connectivity index (χ0n) is 38.0. The van der Waals surface area contributed by atoms with Gasteiger partial charge >= 0.3 is 11.9 Å². The summed E-state index contributed by atoms with van der Waals surface area (Å²) in [6.45, 7) is 14.3. The number of rotatable bonds is 9. The number of carboxylic acids is 2. The van der Waals surface area contributed by atoms with Crippen molar-refractivity contribution in [2.24, 2.45) is 50.2 Å². The second-order valence-electron chi connectivity index (χ2n) is 22.8. The van der Waals surface area contributed by atoms with Gasteiger partial charge in [0.1, 0.15) is 42.7 Å². The summed E-state index contributed by atoms with van der Waals surface area (Å²) < 4.78 is 35.3. The van der Waals surface area contributed by atoms with Crippen LogP contribution in [-0.2, 0) is 38.0 Å². The van der Waals surface area contributed by atoms with Gasteiger partial charge < -0.3 is 79.5 Å². The fraction of sp³-hybridized carbons (Fsp3) is 0.913. The Hall–Kier alpha value is -1.88. The molecule has 0 aromatic carbocycles. The molecule has 4 saturated carbocycles. The summed E-state index contributed by atoms with van der Waals surface area (Å²) in [5.41, 5.74) is -3.09. The summed E-state index contributed by atoms with van der Waals surface area (Å²) in [5.74, 6) is -1.96. The van der Waals surface area contributed by atoms with Crippen LogP contribution in [-0.4, -0.2) is 162 Å². The van der Waals surface area contributed by atoms with E-state index in [9.17, 15) is 60.7 Å². The van der Waals surface area contributed by atoms with Gasteiger partial charge in [0.2, 0.25) is 0 Å². The summed E-state index contributed by atoms with van der Waals surface area (Å²) in [7, 11) is 0. The van der Waals surface area contributed by atoms with Crippen LogP contribution < -0.4 is 0 Å². The van der Waals surface area contributed by atoms with E-state index in [1.54, 1.807) is 0 Å². The highest BCUT2D eigenvalue weighted by atomic mass is 16.8. The standard InChI is InChI=1S/C46H72O18/c1-40(2)14-16-45(38(56)57)17-15-43(6)21(22(45)18-40)8-9-25-42(5)12-11-26(41(3,4)24(42)10-13-44(25,43)7)60-37-31(61-36-28(50)27(49)23(48)19-59-36)29(51)30(32(62-37)34(53)54)63-39-46(58,20-47)33(52)35(55)64-39/h8,22-33,35-37,39,47-52,55,58H,9-20H2,1-7H3,(H,53,54)(H,56,57). The average molecular weight is 913 g/mol. The van der Waals surface area contributed by atoms with Crippen molar-refractivity contribution in [2.45, 2.75) is 198 Å². The number of hydrogen-bond acceptors (Lipinski definition) is 16. The van der Waals surface area contributed by atoms with Crippen LogP contribution in [0.1, 0.15) is 113 Å². The molecule has 8 rings (SSSR count). The number of aliphatic carboxylic acids is 2. The van der Waals surface area contributed by atoms with Gasteiger partial charge in [0.25, 0.3) is 0 Å². The van der Waals surface area contributed by atoms with Crippen molar-refractivity contribution in [3.63, 3.8) is 0 Å². The number of ether oxygens (including phenoxy) is 6. The van der Waals surface area contributed by atoms with Crippen molar-refractivity contribution >= 4 is 11.9 Å². The molecule has 3 aliphatic heterocycles. The molecular weight excluding hydrogens is 840 g/mol. The Morgan fingerprint density at radius 2 is 1.45 bits per heavy atom. The molecule has 5 aliphatic carbocycles. The highest BCUT2D eigenvalue weighted by Crippen LogP contribution is 2.76. The summed E-state index contributed by atoms with van der Waals surface area (Å²) in [6, 6.07) is 0. The van der Waals surface area contributed by atoms with E-state index in [0.29, 0.717) is 19.3 Å². The molecular formula is C46H72O18. The van der Waals surface area contributed by atoms with Crippen LogP contribution in [0.4, 0.5) is 0 Å². The summed E-state index contributed by atoms with van der Waals surface area (Å²) in [4.78, 5) is 26.0. The second kappa shape index (κ2) is 16.4. The van der Waals surface area contributed by atoms with Crippen LogP contribution in [0.3, 0.4) is 0 Å². The van der Waals surface area contributed by atoms with Gasteiger partial charge in [0.15, 0.2) is 36.9 Å². The van der Waals surface area contributed by atoms with Crippen molar-refractivity contribution < 1.29 is 89.1 Å². The Morgan fingerprint density at radius 1 is 0.766 bits per heavy atom.